The third-order valence-electron chi connectivity index (χ3n) is 3.76. The van der Waals surface area contributed by atoms with Gasteiger partial charge in [-0.3, -0.25) is 4.98 Å². The third-order valence-corrected chi connectivity index (χ3v) is 3.76. The van der Waals surface area contributed by atoms with Gasteiger partial charge in [0.1, 0.15) is 0 Å². The molecule has 88 valence electrons. The largest absolute Gasteiger partial charge is 0.393 e. The summed E-state index contributed by atoms with van der Waals surface area (Å²) in [6.45, 7) is 0. The zero-order chi connectivity index (χ0) is 11.7. The van der Waals surface area contributed by atoms with E-state index < -0.39 is 0 Å². The SMILES string of the molecule is OC1CCC(Cc2ccnc3ccccc23)C1. The van der Waals surface area contributed by atoms with Crippen LogP contribution in [0, 0.1) is 5.92 Å². The molecule has 0 bridgehead atoms. The maximum absolute atomic E-state index is 9.58. The van der Waals surface area contributed by atoms with Gasteiger partial charge in [-0.2, -0.15) is 0 Å². The van der Waals surface area contributed by atoms with Crippen molar-refractivity contribution in [2.24, 2.45) is 5.92 Å². The van der Waals surface area contributed by atoms with Crippen LogP contribution in [0.3, 0.4) is 0 Å². The van der Waals surface area contributed by atoms with E-state index in [0.29, 0.717) is 5.92 Å². The van der Waals surface area contributed by atoms with Gasteiger partial charge < -0.3 is 5.11 Å². The summed E-state index contributed by atoms with van der Waals surface area (Å²) in [7, 11) is 0. The summed E-state index contributed by atoms with van der Waals surface area (Å²) >= 11 is 0. The Hall–Kier alpha value is -1.41. The number of hydrogen-bond acceptors (Lipinski definition) is 2. The van der Waals surface area contributed by atoms with E-state index in [1.165, 1.54) is 10.9 Å². The van der Waals surface area contributed by atoms with Crippen LogP contribution in [-0.2, 0) is 6.42 Å². The van der Waals surface area contributed by atoms with Gasteiger partial charge >= 0.3 is 0 Å². The molecule has 0 radical (unpaired) electrons. The van der Waals surface area contributed by atoms with Crippen LogP contribution < -0.4 is 0 Å². The van der Waals surface area contributed by atoms with E-state index in [1.807, 2.05) is 12.3 Å². The number of rotatable bonds is 2. The maximum atomic E-state index is 9.58. The van der Waals surface area contributed by atoms with Crippen molar-refractivity contribution < 1.29 is 5.11 Å². The third kappa shape index (κ3) is 2.18. The van der Waals surface area contributed by atoms with E-state index in [9.17, 15) is 5.11 Å². The summed E-state index contributed by atoms with van der Waals surface area (Å²) in [4.78, 5) is 4.38. The van der Waals surface area contributed by atoms with Crippen LogP contribution in [0.5, 0.6) is 0 Å². The Morgan fingerprint density at radius 2 is 2.06 bits per heavy atom. The Labute approximate surface area is 101 Å². The number of para-hydroxylation sites is 1. The van der Waals surface area contributed by atoms with E-state index in [-0.39, 0.29) is 6.10 Å². The molecule has 3 rings (SSSR count). The van der Waals surface area contributed by atoms with Crippen molar-refractivity contribution in [1.29, 1.82) is 0 Å². The number of hydrogen-bond donors (Lipinski definition) is 1. The quantitative estimate of drug-likeness (QED) is 0.855. The predicted molar refractivity (Wildman–Crippen MR) is 68.8 cm³/mol. The molecule has 1 saturated carbocycles. The second kappa shape index (κ2) is 4.46. The van der Waals surface area contributed by atoms with Crippen molar-refractivity contribution in [2.45, 2.75) is 31.8 Å². The summed E-state index contributed by atoms with van der Waals surface area (Å²) in [6.07, 6.45) is 5.96. The van der Waals surface area contributed by atoms with Crippen LogP contribution >= 0.6 is 0 Å². The van der Waals surface area contributed by atoms with Gasteiger partial charge in [0.2, 0.25) is 0 Å². The van der Waals surface area contributed by atoms with Crippen molar-refractivity contribution in [2.75, 3.05) is 0 Å². The van der Waals surface area contributed by atoms with Crippen LogP contribution in [0.15, 0.2) is 36.5 Å². The zero-order valence-electron chi connectivity index (χ0n) is 9.84. The molecule has 2 unspecified atom stereocenters. The molecular weight excluding hydrogens is 210 g/mol. The average molecular weight is 227 g/mol. The molecule has 1 aliphatic carbocycles. The monoisotopic (exact) mass is 227 g/mol. The molecule has 2 heteroatoms. The van der Waals surface area contributed by atoms with Gasteiger partial charge in [0.25, 0.3) is 0 Å². The smallest absolute Gasteiger partial charge is 0.0704 e. The summed E-state index contributed by atoms with van der Waals surface area (Å²) in [5.74, 6) is 0.635. The molecule has 0 amide bonds. The summed E-state index contributed by atoms with van der Waals surface area (Å²) in [5, 5.41) is 10.8. The molecule has 1 heterocycles. The molecule has 2 atom stereocenters. The molecule has 0 spiro atoms. The second-order valence-corrected chi connectivity index (χ2v) is 5.02. The normalized spacial score (nSPS) is 24.3. The van der Waals surface area contributed by atoms with Crippen molar-refractivity contribution in [3.63, 3.8) is 0 Å². The first-order valence-electron chi connectivity index (χ1n) is 6.33. The molecule has 2 nitrogen and oxygen atoms in total. The Kier molecular flexibility index (Phi) is 2.81. The molecular formula is C15H17NO. The molecule has 17 heavy (non-hydrogen) atoms. The molecule has 0 aliphatic heterocycles. The zero-order valence-corrected chi connectivity index (χ0v) is 9.84. The highest BCUT2D eigenvalue weighted by atomic mass is 16.3. The molecule has 1 fully saturated rings. The van der Waals surface area contributed by atoms with Gasteiger partial charge in [-0.1, -0.05) is 18.2 Å². The van der Waals surface area contributed by atoms with Crippen LogP contribution in [0.4, 0.5) is 0 Å². The summed E-state index contributed by atoms with van der Waals surface area (Å²) in [5.41, 5.74) is 2.44. The summed E-state index contributed by atoms with van der Waals surface area (Å²) in [6, 6.07) is 10.4. The number of pyridine rings is 1. The average Bonchev–Trinajstić information content (AvgIpc) is 2.75. The lowest BCUT2D eigenvalue weighted by Gasteiger charge is -2.11. The first kappa shape index (κ1) is 10.7. The van der Waals surface area contributed by atoms with Crippen LogP contribution in [0.25, 0.3) is 10.9 Å². The minimum Gasteiger partial charge on any atom is -0.393 e. The lowest BCUT2D eigenvalue weighted by molar-refractivity contribution is 0.177. The number of aliphatic hydroxyl groups excluding tert-OH is 1. The Balaban J connectivity index is 1.90. The summed E-state index contributed by atoms with van der Waals surface area (Å²) < 4.78 is 0. The van der Waals surface area contributed by atoms with E-state index in [4.69, 9.17) is 0 Å². The Morgan fingerprint density at radius 1 is 1.18 bits per heavy atom. The number of aliphatic hydroxyl groups is 1. The number of aromatic nitrogens is 1. The van der Waals surface area contributed by atoms with E-state index in [2.05, 4.69) is 29.2 Å². The minimum absolute atomic E-state index is 0.0758. The van der Waals surface area contributed by atoms with Gasteiger partial charge in [-0.05, 0) is 49.3 Å². The molecule has 1 aromatic heterocycles. The van der Waals surface area contributed by atoms with Gasteiger partial charge in [0.15, 0.2) is 0 Å². The van der Waals surface area contributed by atoms with Crippen molar-refractivity contribution in [3.05, 3.63) is 42.1 Å². The fourth-order valence-electron chi connectivity index (χ4n) is 2.88. The van der Waals surface area contributed by atoms with E-state index in [0.717, 1.165) is 31.2 Å². The first-order valence-corrected chi connectivity index (χ1v) is 6.33. The number of nitrogens with zero attached hydrogens (tertiary/aromatic N) is 1. The topological polar surface area (TPSA) is 33.1 Å². The highest BCUT2D eigenvalue weighted by Gasteiger charge is 2.23. The molecule has 1 aliphatic rings. The fraction of sp³-hybridized carbons (Fsp3) is 0.400. The lowest BCUT2D eigenvalue weighted by Crippen LogP contribution is -2.03. The number of benzene rings is 1. The fourth-order valence-corrected chi connectivity index (χ4v) is 2.88. The van der Waals surface area contributed by atoms with E-state index in [1.54, 1.807) is 0 Å². The second-order valence-electron chi connectivity index (χ2n) is 5.02. The van der Waals surface area contributed by atoms with Crippen molar-refractivity contribution >= 4 is 10.9 Å². The molecule has 0 saturated heterocycles. The van der Waals surface area contributed by atoms with Crippen LogP contribution in [-0.4, -0.2) is 16.2 Å². The van der Waals surface area contributed by atoms with Crippen molar-refractivity contribution in [3.8, 4) is 0 Å². The van der Waals surface area contributed by atoms with Gasteiger partial charge in [-0.25, -0.2) is 0 Å². The minimum atomic E-state index is -0.0758. The Morgan fingerprint density at radius 3 is 2.88 bits per heavy atom. The van der Waals surface area contributed by atoms with Crippen LogP contribution in [0.1, 0.15) is 24.8 Å². The molecule has 2 aromatic rings. The maximum Gasteiger partial charge on any atom is 0.0704 e. The van der Waals surface area contributed by atoms with Crippen LogP contribution in [0.2, 0.25) is 0 Å². The van der Waals surface area contributed by atoms with Gasteiger partial charge in [0, 0.05) is 11.6 Å². The first-order chi connectivity index (χ1) is 8.33. The van der Waals surface area contributed by atoms with E-state index >= 15 is 0 Å². The predicted octanol–water partition coefficient (Wildman–Crippen LogP) is 2.94. The highest BCUT2D eigenvalue weighted by Crippen LogP contribution is 2.30. The highest BCUT2D eigenvalue weighted by molar-refractivity contribution is 5.81. The molecule has 1 aromatic carbocycles. The Bertz CT molecular complexity index is 518. The van der Waals surface area contributed by atoms with Crippen molar-refractivity contribution in [1.82, 2.24) is 4.98 Å². The number of fused-ring (bicyclic) bond motifs is 1. The van der Waals surface area contributed by atoms with Gasteiger partial charge in [-0.15, -0.1) is 0 Å². The molecule has 1 N–H and O–H groups in total. The standard InChI is InChI=1S/C15H17NO/c17-13-6-5-11(10-13)9-12-7-8-16-15-4-2-1-3-14(12)15/h1-4,7-8,11,13,17H,5-6,9-10H2. The lowest BCUT2D eigenvalue weighted by atomic mass is 9.95. The van der Waals surface area contributed by atoms with Gasteiger partial charge in [0.05, 0.1) is 11.6 Å².